The second-order valence-electron chi connectivity index (χ2n) is 6.85. The van der Waals surface area contributed by atoms with Gasteiger partial charge in [-0.25, -0.2) is 4.98 Å². The molecule has 0 unspecified atom stereocenters. The van der Waals surface area contributed by atoms with Gasteiger partial charge in [0.1, 0.15) is 6.61 Å². The zero-order valence-corrected chi connectivity index (χ0v) is 20.0. The molecular weight excluding hydrogens is 428 g/mol. The lowest BCUT2D eigenvalue weighted by Crippen LogP contribution is -1.96. The van der Waals surface area contributed by atoms with Gasteiger partial charge in [-0.15, -0.1) is 0 Å². The zero-order valence-electron chi connectivity index (χ0n) is 20.0. The van der Waals surface area contributed by atoms with Crippen LogP contribution in [0, 0.1) is 5.41 Å². The van der Waals surface area contributed by atoms with E-state index in [1.165, 1.54) is 6.21 Å². The highest BCUT2D eigenvalue weighted by Gasteiger charge is 2.09. The standard InChI is InChI=1S/C25H26N4O3.C2H6/c1-18(30-2)13-20(9-6-12-31-17-19-7-4-3-5-8-19)24-16-28-25(32-24)29-22-10-11-23(27)21(14-22)15-26;1-2/h3-16,26H,17,27H2,1-2H3,(H,28,29);1-2H3/b12-6+,18-13+,20-9+,26-15?;. The molecule has 1 aromatic heterocycles. The summed E-state index contributed by atoms with van der Waals surface area (Å²) in [5.74, 6) is 1.27. The molecule has 0 fully saturated rings. The normalized spacial score (nSPS) is 11.5. The maximum absolute atomic E-state index is 7.43. The Hall–Kier alpha value is -4.26. The van der Waals surface area contributed by atoms with E-state index in [0.717, 1.165) is 22.6 Å². The summed E-state index contributed by atoms with van der Waals surface area (Å²) in [6.07, 6.45) is 9.96. The van der Waals surface area contributed by atoms with Crippen LogP contribution in [0.15, 0.2) is 89.4 Å². The number of nitrogen functional groups attached to an aromatic ring is 1. The average molecular weight is 461 g/mol. The van der Waals surface area contributed by atoms with Crippen LogP contribution < -0.4 is 11.1 Å². The number of aromatic nitrogens is 1. The lowest BCUT2D eigenvalue weighted by Gasteiger charge is -2.05. The fourth-order valence-corrected chi connectivity index (χ4v) is 2.76. The fourth-order valence-electron chi connectivity index (χ4n) is 2.76. The Balaban J connectivity index is 0.00000199. The van der Waals surface area contributed by atoms with E-state index in [9.17, 15) is 0 Å². The van der Waals surface area contributed by atoms with E-state index in [2.05, 4.69) is 10.3 Å². The number of methoxy groups -OCH3 is 1. The predicted molar refractivity (Wildman–Crippen MR) is 139 cm³/mol. The molecule has 4 N–H and O–H groups in total. The van der Waals surface area contributed by atoms with Crippen LogP contribution in [0.1, 0.15) is 37.7 Å². The van der Waals surface area contributed by atoms with Crippen molar-refractivity contribution in [2.75, 3.05) is 18.2 Å². The third-order valence-electron chi connectivity index (χ3n) is 4.51. The molecular formula is C27H32N4O3. The second-order valence-corrected chi connectivity index (χ2v) is 6.85. The van der Waals surface area contributed by atoms with E-state index in [-0.39, 0.29) is 0 Å². The number of nitrogens with zero attached hydrogens (tertiary/aromatic N) is 1. The molecule has 0 amide bonds. The molecule has 34 heavy (non-hydrogen) atoms. The Morgan fingerprint density at radius 3 is 2.65 bits per heavy atom. The first kappa shape index (κ1) is 26.0. The van der Waals surface area contributed by atoms with Gasteiger partial charge in [0.2, 0.25) is 0 Å². The van der Waals surface area contributed by atoms with Crippen LogP contribution in [0.4, 0.5) is 17.4 Å². The minimum absolute atomic E-state index is 0.319. The molecule has 0 radical (unpaired) electrons. The first-order valence-corrected chi connectivity index (χ1v) is 11.0. The SMILES string of the molecule is CC.CO/C(C)=C/C(=C\C=C\OCc1ccccc1)c1cnc(Nc2ccc(N)c(C=N)c2)o1. The summed E-state index contributed by atoms with van der Waals surface area (Å²) in [6.45, 7) is 6.34. The lowest BCUT2D eigenvalue weighted by molar-refractivity contribution is 0.236. The molecule has 0 spiro atoms. The molecule has 0 bridgehead atoms. The Kier molecular flexibility index (Phi) is 10.7. The summed E-state index contributed by atoms with van der Waals surface area (Å²) < 4.78 is 16.7. The Labute approximate surface area is 201 Å². The smallest absolute Gasteiger partial charge is 0.299 e. The molecule has 0 aliphatic carbocycles. The van der Waals surface area contributed by atoms with Crippen molar-refractivity contribution in [3.8, 4) is 0 Å². The maximum atomic E-state index is 7.43. The zero-order chi connectivity index (χ0) is 24.8. The molecule has 3 rings (SSSR count). The van der Waals surface area contributed by atoms with E-state index in [1.807, 2.05) is 63.3 Å². The van der Waals surface area contributed by atoms with Gasteiger partial charge in [0.15, 0.2) is 5.76 Å². The van der Waals surface area contributed by atoms with Crippen LogP contribution in [-0.4, -0.2) is 18.3 Å². The quantitative estimate of drug-likeness (QED) is 0.135. The van der Waals surface area contributed by atoms with Crippen molar-refractivity contribution in [2.24, 2.45) is 0 Å². The molecule has 0 saturated heterocycles. The third-order valence-corrected chi connectivity index (χ3v) is 4.51. The van der Waals surface area contributed by atoms with Gasteiger partial charge < -0.3 is 30.4 Å². The number of allylic oxidation sites excluding steroid dienone is 5. The number of rotatable bonds is 10. The Morgan fingerprint density at radius 2 is 1.94 bits per heavy atom. The number of hydrogen-bond acceptors (Lipinski definition) is 7. The van der Waals surface area contributed by atoms with Crippen LogP contribution >= 0.6 is 0 Å². The van der Waals surface area contributed by atoms with Gasteiger partial charge in [-0.2, -0.15) is 0 Å². The number of hydrogen-bond donors (Lipinski definition) is 3. The second kappa shape index (κ2) is 14.0. The molecule has 7 nitrogen and oxygen atoms in total. The highest BCUT2D eigenvalue weighted by molar-refractivity contribution is 5.87. The van der Waals surface area contributed by atoms with E-state index in [0.29, 0.717) is 29.6 Å². The maximum Gasteiger partial charge on any atom is 0.299 e. The molecule has 3 aromatic rings. The molecule has 0 atom stereocenters. The molecule has 0 aliphatic heterocycles. The fraction of sp³-hybridized carbons (Fsp3) is 0.185. The van der Waals surface area contributed by atoms with E-state index >= 15 is 0 Å². The van der Waals surface area contributed by atoms with Crippen molar-refractivity contribution in [3.63, 3.8) is 0 Å². The van der Waals surface area contributed by atoms with Gasteiger partial charge in [-0.05, 0) is 48.9 Å². The van der Waals surface area contributed by atoms with Crippen molar-refractivity contribution >= 4 is 29.2 Å². The van der Waals surface area contributed by atoms with Crippen LogP contribution in [0.25, 0.3) is 5.57 Å². The molecule has 7 heteroatoms. The van der Waals surface area contributed by atoms with Crippen molar-refractivity contribution in [1.29, 1.82) is 5.41 Å². The van der Waals surface area contributed by atoms with E-state index in [4.69, 9.17) is 25.0 Å². The molecule has 0 aliphatic rings. The van der Waals surface area contributed by atoms with Crippen LogP contribution in [-0.2, 0) is 16.1 Å². The summed E-state index contributed by atoms with van der Waals surface area (Å²) in [4.78, 5) is 4.30. The lowest BCUT2D eigenvalue weighted by atomic mass is 10.2. The topological polar surface area (TPSA) is 106 Å². The number of benzene rings is 2. The average Bonchev–Trinajstić information content (AvgIpc) is 3.34. The van der Waals surface area contributed by atoms with Gasteiger partial charge in [-0.1, -0.05) is 44.2 Å². The summed E-state index contributed by atoms with van der Waals surface area (Å²) in [5, 5.41) is 10.5. The Morgan fingerprint density at radius 1 is 1.18 bits per heavy atom. The highest BCUT2D eigenvalue weighted by Crippen LogP contribution is 2.25. The van der Waals surface area contributed by atoms with Gasteiger partial charge in [0.05, 0.1) is 25.3 Å². The van der Waals surface area contributed by atoms with Crippen molar-refractivity contribution in [2.45, 2.75) is 27.4 Å². The van der Waals surface area contributed by atoms with Gasteiger partial charge in [0.25, 0.3) is 6.01 Å². The molecule has 1 heterocycles. The van der Waals surface area contributed by atoms with Crippen molar-refractivity contribution < 1.29 is 13.9 Å². The predicted octanol–water partition coefficient (Wildman–Crippen LogP) is 6.69. The molecule has 2 aromatic carbocycles. The number of nitrogens with one attached hydrogen (secondary N) is 2. The van der Waals surface area contributed by atoms with Crippen LogP contribution in [0.3, 0.4) is 0 Å². The number of anilines is 3. The number of nitrogens with two attached hydrogens (primary N) is 1. The van der Waals surface area contributed by atoms with E-state index < -0.39 is 0 Å². The summed E-state index contributed by atoms with van der Waals surface area (Å²) >= 11 is 0. The number of ether oxygens (including phenoxy) is 2. The monoisotopic (exact) mass is 460 g/mol. The number of oxazole rings is 1. The first-order valence-electron chi connectivity index (χ1n) is 11.0. The van der Waals surface area contributed by atoms with Crippen LogP contribution in [0.5, 0.6) is 0 Å². The molecule has 0 saturated carbocycles. The minimum atomic E-state index is 0.319. The summed E-state index contributed by atoms with van der Waals surface area (Å²) in [5.41, 5.74) is 9.56. The summed E-state index contributed by atoms with van der Waals surface area (Å²) in [6, 6.07) is 15.5. The van der Waals surface area contributed by atoms with Gasteiger partial charge in [-0.3, -0.25) is 0 Å². The minimum Gasteiger partial charge on any atom is -0.501 e. The summed E-state index contributed by atoms with van der Waals surface area (Å²) in [7, 11) is 1.61. The van der Waals surface area contributed by atoms with Crippen LogP contribution in [0.2, 0.25) is 0 Å². The third kappa shape index (κ3) is 8.02. The van der Waals surface area contributed by atoms with Gasteiger partial charge in [0, 0.05) is 28.7 Å². The first-order chi connectivity index (χ1) is 16.6. The van der Waals surface area contributed by atoms with Crippen molar-refractivity contribution in [1.82, 2.24) is 4.98 Å². The van der Waals surface area contributed by atoms with E-state index in [1.54, 1.807) is 43.8 Å². The molecule has 178 valence electrons. The largest absolute Gasteiger partial charge is 0.501 e. The van der Waals surface area contributed by atoms with Gasteiger partial charge >= 0.3 is 0 Å². The highest BCUT2D eigenvalue weighted by atomic mass is 16.5. The Bertz CT molecular complexity index is 1130. The van der Waals surface area contributed by atoms with Crippen molar-refractivity contribution in [3.05, 3.63) is 102 Å².